The lowest BCUT2D eigenvalue weighted by Gasteiger charge is -2.27. The highest BCUT2D eigenvalue weighted by Crippen LogP contribution is 2.29. The highest BCUT2D eigenvalue weighted by molar-refractivity contribution is 7.99. The summed E-state index contributed by atoms with van der Waals surface area (Å²) in [6, 6.07) is 15.1. The maximum atomic E-state index is 12.5. The van der Waals surface area contributed by atoms with Crippen LogP contribution in [-0.4, -0.2) is 59.8 Å². The number of thioether (sulfide) groups is 1. The van der Waals surface area contributed by atoms with Gasteiger partial charge in [-0.25, -0.2) is 0 Å². The minimum Gasteiger partial charge on any atom is -0.495 e. The van der Waals surface area contributed by atoms with Crippen LogP contribution in [0.5, 0.6) is 5.75 Å². The normalized spacial score (nSPS) is 13.8. The van der Waals surface area contributed by atoms with Gasteiger partial charge < -0.3 is 19.7 Å². The first-order chi connectivity index (χ1) is 15.7. The van der Waals surface area contributed by atoms with E-state index in [1.165, 1.54) is 11.8 Å². The van der Waals surface area contributed by atoms with Crippen molar-refractivity contribution in [2.75, 3.05) is 49.4 Å². The Labute approximate surface area is 195 Å². The number of carbonyl (C=O) groups is 1. The molecule has 0 bridgehead atoms. The molecule has 4 rings (SSSR count). The number of halogens is 1. The van der Waals surface area contributed by atoms with Gasteiger partial charge in [0.25, 0.3) is 0 Å². The second-order valence-corrected chi connectivity index (χ2v) is 8.54. The number of nitrogens with zero attached hydrogens (tertiary/aromatic N) is 4. The minimum atomic E-state index is -0.128. The Hall–Kier alpha value is -2.75. The molecular weight excluding hydrogens is 450 g/mol. The highest BCUT2D eigenvalue weighted by atomic mass is 35.5. The van der Waals surface area contributed by atoms with Gasteiger partial charge in [-0.3, -0.25) is 9.36 Å². The van der Waals surface area contributed by atoms with E-state index in [9.17, 15) is 4.79 Å². The molecule has 2 heterocycles. The molecule has 1 saturated heterocycles. The Morgan fingerprint density at radius 3 is 2.72 bits per heavy atom. The summed E-state index contributed by atoms with van der Waals surface area (Å²) in [4.78, 5) is 14.7. The summed E-state index contributed by atoms with van der Waals surface area (Å²) in [6.07, 6.45) is 0.300. The van der Waals surface area contributed by atoms with Crippen molar-refractivity contribution >= 4 is 40.9 Å². The number of hydrogen-bond acceptors (Lipinski definition) is 7. The van der Waals surface area contributed by atoms with E-state index in [1.54, 1.807) is 25.3 Å². The number of rotatable bonds is 8. The number of anilines is 2. The van der Waals surface area contributed by atoms with Crippen molar-refractivity contribution in [3.05, 3.63) is 53.6 Å². The van der Waals surface area contributed by atoms with Gasteiger partial charge in [-0.1, -0.05) is 41.6 Å². The van der Waals surface area contributed by atoms with E-state index in [0.29, 0.717) is 41.8 Å². The molecule has 1 aliphatic rings. The van der Waals surface area contributed by atoms with Crippen LogP contribution in [0, 0.1) is 0 Å². The fourth-order valence-electron chi connectivity index (χ4n) is 3.35. The van der Waals surface area contributed by atoms with Crippen molar-refractivity contribution in [2.45, 2.75) is 11.6 Å². The molecule has 168 valence electrons. The average molecular weight is 474 g/mol. The van der Waals surface area contributed by atoms with Crippen molar-refractivity contribution in [3.8, 4) is 11.4 Å². The molecule has 10 heteroatoms. The van der Waals surface area contributed by atoms with Crippen molar-refractivity contribution in [3.63, 3.8) is 0 Å². The Morgan fingerprint density at radius 1 is 1.19 bits per heavy atom. The molecule has 0 radical (unpaired) electrons. The summed E-state index contributed by atoms with van der Waals surface area (Å²) in [7, 11) is 1.55. The third-order valence-electron chi connectivity index (χ3n) is 4.92. The minimum absolute atomic E-state index is 0.128. The number of ether oxygens (including phenoxy) is 2. The molecule has 1 N–H and O–H groups in total. The van der Waals surface area contributed by atoms with Crippen LogP contribution >= 0.6 is 23.4 Å². The van der Waals surface area contributed by atoms with Gasteiger partial charge in [-0.2, -0.15) is 0 Å². The first-order valence-electron chi connectivity index (χ1n) is 10.3. The fourth-order valence-corrected chi connectivity index (χ4v) is 4.41. The smallest absolute Gasteiger partial charge is 0.232 e. The first kappa shape index (κ1) is 22.4. The Balaban J connectivity index is 1.45. The number of carbonyl (C=O) groups excluding carboxylic acids is 1. The topological polar surface area (TPSA) is 81.5 Å². The molecule has 8 nitrogen and oxygen atoms in total. The molecule has 3 aromatic rings. The Kier molecular flexibility index (Phi) is 7.51. The standard InChI is InChI=1S/C22H24ClN5O3S/c1-30-19-8-7-16(23)15-18(19)24-20(29)9-14-32-22-26-25-21(27-10-12-31-13-11-27)28(22)17-5-3-2-4-6-17/h2-8,15H,9-14H2,1H3,(H,24,29). The van der Waals surface area contributed by atoms with E-state index in [-0.39, 0.29) is 5.91 Å². The third-order valence-corrected chi connectivity index (χ3v) is 6.09. The van der Waals surface area contributed by atoms with E-state index in [1.807, 2.05) is 34.9 Å². The summed E-state index contributed by atoms with van der Waals surface area (Å²) >= 11 is 7.53. The quantitative estimate of drug-likeness (QED) is 0.497. The van der Waals surface area contributed by atoms with Crippen LogP contribution in [0.1, 0.15) is 6.42 Å². The number of aromatic nitrogens is 3. The molecule has 2 aromatic carbocycles. The zero-order valence-corrected chi connectivity index (χ0v) is 19.2. The van der Waals surface area contributed by atoms with Gasteiger partial charge in [0, 0.05) is 30.3 Å². The van der Waals surface area contributed by atoms with Gasteiger partial charge in [0.05, 0.1) is 31.7 Å². The SMILES string of the molecule is COc1ccc(Cl)cc1NC(=O)CCSc1nnc(N2CCOCC2)n1-c1ccccc1. The van der Waals surface area contributed by atoms with E-state index in [2.05, 4.69) is 20.4 Å². The lowest BCUT2D eigenvalue weighted by Crippen LogP contribution is -2.37. The van der Waals surface area contributed by atoms with Crippen LogP contribution in [0.4, 0.5) is 11.6 Å². The molecule has 1 fully saturated rings. The summed E-state index contributed by atoms with van der Waals surface area (Å²) in [6.45, 7) is 2.85. The highest BCUT2D eigenvalue weighted by Gasteiger charge is 2.22. The van der Waals surface area contributed by atoms with Crippen molar-refractivity contribution < 1.29 is 14.3 Å². The maximum absolute atomic E-state index is 12.5. The molecule has 1 aliphatic heterocycles. The van der Waals surface area contributed by atoms with Gasteiger partial charge in [0.15, 0.2) is 5.16 Å². The second kappa shape index (κ2) is 10.7. The summed E-state index contributed by atoms with van der Waals surface area (Å²) in [5, 5.41) is 13.0. The van der Waals surface area contributed by atoms with E-state index in [4.69, 9.17) is 21.1 Å². The largest absolute Gasteiger partial charge is 0.495 e. The number of amides is 1. The summed E-state index contributed by atoms with van der Waals surface area (Å²) in [5.41, 5.74) is 1.53. The fraction of sp³-hybridized carbons (Fsp3) is 0.318. The number of nitrogens with one attached hydrogen (secondary N) is 1. The van der Waals surface area contributed by atoms with E-state index < -0.39 is 0 Å². The molecule has 1 amide bonds. The molecule has 0 saturated carbocycles. The van der Waals surface area contributed by atoms with Gasteiger partial charge in [-0.05, 0) is 30.3 Å². The van der Waals surface area contributed by atoms with Gasteiger partial charge in [0.2, 0.25) is 11.9 Å². The lowest BCUT2D eigenvalue weighted by molar-refractivity contribution is -0.115. The maximum Gasteiger partial charge on any atom is 0.232 e. The predicted molar refractivity (Wildman–Crippen MR) is 126 cm³/mol. The molecule has 32 heavy (non-hydrogen) atoms. The summed E-state index contributed by atoms with van der Waals surface area (Å²) in [5.74, 6) is 1.77. The first-order valence-corrected chi connectivity index (χ1v) is 11.6. The second-order valence-electron chi connectivity index (χ2n) is 7.04. The van der Waals surface area contributed by atoms with E-state index >= 15 is 0 Å². The predicted octanol–water partition coefficient (Wildman–Crippen LogP) is 3.89. The molecule has 0 spiro atoms. The monoisotopic (exact) mass is 473 g/mol. The van der Waals surface area contributed by atoms with E-state index in [0.717, 1.165) is 29.9 Å². The Bertz CT molecular complexity index is 1060. The Morgan fingerprint density at radius 2 is 1.97 bits per heavy atom. The molecular formula is C22H24ClN5O3S. The van der Waals surface area contributed by atoms with Gasteiger partial charge in [0.1, 0.15) is 5.75 Å². The molecule has 1 aromatic heterocycles. The number of morpholine rings is 1. The van der Waals surface area contributed by atoms with Crippen molar-refractivity contribution in [2.24, 2.45) is 0 Å². The van der Waals surface area contributed by atoms with Crippen LogP contribution in [0.2, 0.25) is 5.02 Å². The zero-order chi connectivity index (χ0) is 22.3. The average Bonchev–Trinajstić information content (AvgIpc) is 3.24. The summed E-state index contributed by atoms with van der Waals surface area (Å²) < 4.78 is 12.8. The van der Waals surface area contributed by atoms with Gasteiger partial charge in [-0.15, -0.1) is 10.2 Å². The van der Waals surface area contributed by atoms with Crippen LogP contribution in [0.15, 0.2) is 53.7 Å². The van der Waals surface area contributed by atoms with Crippen LogP contribution in [-0.2, 0) is 9.53 Å². The number of methoxy groups -OCH3 is 1. The van der Waals surface area contributed by atoms with Crippen molar-refractivity contribution in [1.29, 1.82) is 0 Å². The van der Waals surface area contributed by atoms with Crippen LogP contribution < -0.4 is 15.0 Å². The number of hydrogen-bond donors (Lipinski definition) is 1. The lowest BCUT2D eigenvalue weighted by atomic mass is 10.3. The molecule has 0 atom stereocenters. The number of para-hydroxylation sites is 1. The number of benzene rings is 2. The van der Waals surface area contributed by atoms with Crippen LogP contribution in [0.25, 0.3) is 5.69 Å². The molecule has 0 aliphatic carbocycles. The third kappa shape index (κ3) is 5.35. The van der Waals surface area contributed by atoms with Crippen molar-refractivity contribution in [1.82, 2.24) is 14.8 Å². The van der Waals surface area contributed by atoms with Crippen LogP contribution in [0.3, 0.4) is 0 Å². The molecule has 0 unspecified atom stereocenters. The van der Waals surface area contributed by atoms with Gasteiger partial charge >= 0.3 is 0 Å². The zero-order valence-electron chi connectivity index (χ0n) is 17.7.